The van der Waals surface area contributed by atoms with Gasteiger partial charge in [0.1, 0.15) is 17.7 Å². The van der Waals surface area contributed by atoms with Crippen LogP contribution in [0.5, 0.6) is 5.75 Å². The monoisotopic (exact) mass is 617 g/mol. The molecule has 3 aromatic carbocycles. The molecule has 1 heterocycles. The fourth-order valence-electron chi connectivity index (χ4n) is 4.26. The molecular formula is C27H21Cl2F4NO5S. The summed E-state index contributed by atoms with van der Waals surface area (Å²) in [6.07, 6.45) is -4.64. The predicted octanol–water partition coefficient (Wildman–Crippen LogP) is 7.53. The van der Waals surface area contributed by atoms with Crippen LogP contribution in [0.4, 0.5) is 23.2 Å². The number of carboxylic acid groups (broad SMARTS) is 1. The number of nitrogens with zero attached hydrogens (tertiary/aromatic N) is 1. The van der Waals surface area contributed by atoms with Crippen LogP contribution in [-0.4, -0.2) is 32.1 Å². The van der Waals surface area contributed by atoms with Crippen molar-refractivity contribution in [3.63, 3.8) is 0 Å². The first-order valence-electron chi connectivity index (χ1n) is 11.7. The summed E-state index contributed by atoms with van der Waals surface area (Å²) >= 11 is 12.6. The molecular weight excluding hydrogens is 597 g/mol. The van der Waals surface area contributed by atoms with E-state index in [2.05, 4.69) is 0 Å². The Kier molecular flexibility index (Phi) is 8.39. The zero-order valence-electron chi connectivity index (χ0n) is 20.7. The Morgan fingerprint density at radius 2 is 1.82 bits per heavy atom. The Balaban J connectivity index is 1.84. The average molecular weight is 618 g/mol. The van der Waals surface area contributed by atoms with E-state index in [0.29, 0.717) is 11.6 Å². The number of carbonyl (C=O) groups is 1. The van der Waals surface area contributed by atoms with Crippen LogP contribution in [0.3, 0.4) is 0 Å². The van der Waals surface area contributed by atoms with Gasteiger partial charge in [0.05, 0.1) is 32.7 Å². The lowest BCUT2D eigenvalue weighted by atomic mass is 10.0. The number of halogens is 6. The van der Waals surface area contributed by atoms with Crippen LogP contribution in [0, 0.1) is 5.82 Å². The minimum atomic E-state index is -4.78. The summed E-state index contributed by atoms with van der Waals surface area (Å²) in [6.45, 7) is 1.21. The van der Waals surface area contributed by atoms with Crippen LogP contribution in [0.2, 0.25) is 10.0 Å². The van der Waals surface area contributed by atoms with Gasteiger partial charge < -0.3 is 9.84 Å². The third kappa shape index (κ3) is 6.21. The van der Waals surface area contributed by atoms with Crippen molar-refractivity contribution in [1.29, 1.82) is 0 Å². The normalized spacial score (nSPS) is 15.9. The highest BCUT2D eigenvalue weighted by Crippen LogP contribution is 2.43. The van der Waals surface area contributed by atoms with Crippen molar-refractivity contribution in [3.05, 3.63) is 87.2 Å². The van der Waals surface area contributed by atoms with Crippen molar-refractivity contribution in [2.75, 3.05) is 10.8 Å². The number of sulfonamides is 1. The lowest BCUT2D eigenvalue weighted by molar-refractivity contribution is -0.138. The second kappa shape index (κ2) is 11.3. The van der Waals surface area contributed by atoms with Crippen LogP contribution in [0.15, 0.2) is 59.5 Å². The van der Waals surface area contributed by atoms with E-state index in [1.807, 2.05) is 0 Å². The highest BCUT2D eigenvalue weighted by Gasteiger charge is 2.37. The van der Waals surface area contributed by atoms with Gasteiger partial charge in [0.25, 0.3) is 10.0 Å². The van der Waals surface area contributed by atoms with Crippen molar-refractivity contribution in [2.24, 2.45) is 0 Å². The first-order chi connectivity index (χ1) is 18.7. The number of benzene rings is 3. The van der Waals surface area contributed by atoms with Gasteiger partial charge in [-0.1, -0.05) is 35.3 Å². The summed E-state index contributed by atoms with van der Waals surface area (Å²) in [5, 5.41) is 9.33. The number of aliphatic carboxylic acids is 1. The molecule has 0 unspecified atom stereocenters. The fraction of sp³-hybridized carbons (Fsp3) is 0.222. The molecule has 0 saturated heterocycles. The third-order valence-electron chi connectivity index (χ3n) is 6.17. The second-order valence-corrected chi connectivity index (χ2v) is 11.7. The lowest BCUT2D eigenvalue weighted by Gasteiger charge is -2.36. The van der Waals surface area contributed by atoms with Gasteiger partial charge in [0.15, 0.2) is 0 Å². The third-order valence-corrected chi connectivity index (χ3v) is 8.59. The number of rotatable bonds is 7. The Labute approximate surface area is 237 Å². The van der Waals surface area contributed by atoms with E-state index in [0.717, 1.165) is 22.5 Å². The summed E-state index contributed by atoms with van der Waals surface area (Å²) in [5.74, 6) is -1.74. The largest absolute Gasteiger partial charge is 0.486 e. The summed E-state index contributed by atoms with van der Waals surface area (Å²) in [5.41, 5.74) is -0.451. The Bertz CT molecular complexity index is 1590. The molecule has 0 aliphatic carbocycles. The van der Waals surface area contributed by atoms with Crippen molar-refractivity contribution in [3.8, 4) is 5.75 Å². The van der Waals surface area contributed by atoms with Gasteiger partial charge in [-0.3, -0.25) is 9.10 Å². The topological polar surface area (TPSA) is 83.9 Å². The van der Waals surface area contributed by atoms with Gasteiger partial charge in [-0.05, 0) is 67.0 Å². The summed E-state index contributed by atoms with van der Waals surface area (Å²) in [6, 6.07) is 10.1. The maximum Gasteiger partial charge on any atom is 0.416 e. The Morgan fingerprint density at radius 3 is 2.48 bits per heavy atom. The Hall–Kier alpha value is -3.28. The standard InChI is InChI=1S/C27H21Cl2F4NO5S/c1-15(26-20(28)6-3-7-22(26)30)10-16-11-23-24(13-21(16)29)39-18(8-9-25(35)36)14-34(23)40(37,38)19-5-2-4-17(12-19)27(31,32)33/h2-7,10-13,18H,8-9,14H2,1H3,(H,35,36)/t18-/m0/s1. The first-order valence-corrected chi connectivity index (χ1v) is 13.9. The van der Waals surface area contributed by atoms with Crippen LogP contribution in [-0.2, 0) is 21.0 Å². The van der Waals surface area contributed by atoms with Crippen LogP contribution >= 0.6 is 23.2 Å². The van der Waals surface area contributed by atoms with Crippen molar-refractivity contribution < 1.29 is 40.6 Å². The van der Waals surface area contributed by atoms with E-state index in [-0.39, 0.29) is 52.0 Å². The number of hydrogen-bond donors (Lipinski definition) is 1. The molecule has 1 aliphatic rings. The quantitative estimate of drug-likeness (QED) is 0.219. The van der Waals surface area contributed by atoms with Crippen molar-refractivity contribution >= 4 is 56.5 Å². The fourth-order valence-corrected chi connectivity index (χ4v) is 6.33. The number of anilines is 1. The number of carboxylic acids is 1. The maximum atomic E-state index is 14.5. The molecule has 6 nitrogen and oxygen atoms in total. The summed E-state index contributed by atoms with van der Waals surface area (Å²) < 4.78 is 88.7. The summed E-state index contributed by atoms with van der Waals surface area (Å²) in [7, 11) is -4.59. The van der Waals surface area contributed by atoms with E-state index in [1.54, 1.807) is 6.92 Å². The molecule has 1 N–H and O–H groups in total. The van der Waals surface area contributed by atoms with E-state index >= 15 is 0 Å². The number of allylic oxidation sites excluding steroid dienone is 1. The molecule has 0 spiro atoms. The minimum absolute atomic E-state index is 0.0130. The van der Waals surface area contributed by atoms with E-state index < -0.39 is 44.5 Å². The molecule has 1 aliphatic heterocycles. The molecule has 0 aromatic heterocycles. The Morgan fingerprint density at radius 1 is 1.12 bits per heavy atom. The van der Waals surface area contributed by atoms with E-state index in [1.165, 1.54) is 36.4 Å². The van der Waals surface area contributed by atoms with Gasteiger partial charge >= 0.3 is 12.1 Å². The highest BCUT2D eigenvalue weighted by atomic mass is 35.5. The van der Waals surface area contributed by atoms with Crippen molar-refractivity contribution in [1.82, 2.24) is 0 Å². The molecule has 1 atom stereocenters. The molecule has 13 heteroatoms. The molecule has 0 saturated carbocycles. The lowest BCUT2D eigenvalue weighted by Crippen LogP contribution is -2.43. The van der Waals surface area contributed by atoms with Gasteiger partial charge in [0, 0.05) is 18.1 Å². The second-order valence-electron chi connectivity index (χ2n) is 9.00. The average Bonchev–Trinajstić information content (AvgIpc) is 2.87. The zero-order chi connectivity index (χ0) is 29.4. The molecule has 0 bridgehead atoms. The number of alkyl halides is 3. The highest BCUT2D eigenvalue weighted by molar-refractivity contribution is 7.92. The minimum Gasteiger partial charge on any atom is -0.486 e. The molecule has 0 amide bonds. The van der Waals surface area contributed by atoms with Gasteiger partial charge in [0.2, 0.25) is 0 Å². The zero-order valence-corrected chi connectivity index (χ0v) is 23.0. The van der Waals surface area contributed by atoms with Gasteiger partial charge in [-0.25, -0.2) is 12.8 Å². The van der Waals surface area contributed by atoms with E-state index in [4.69, 9.17) is 33.0 Å². The van der Waals surface area contributed by atoms with Gasteiger partial charge in [-0.2, -0.15) is 13.2 Å². The summed E-state index contributed by atoms with van der Waals surface area (Å²) in [4.78, 5) is 10.5. The van der Waals surface area contributed by atoms with E-state index in [9.17, 15) is 30.8 Å². The van der Waals surface area contributed by atoms with Gasteiger partial charge in [-0.15, -0.1) is 0 Å². The van der Waals surface area contributed by atoms with Crippen LogP contribution < -0.4 is 9.04 Å². The molecule has 212 valence electrons. The smallest absolute Gasteiger partial charge is 0.416 e. The number of fused-ring (bicyclic) bond motifs is 1. The van der Waals surface area contributed by atoms with Crippen molar-refractivity contribution in [2.45, 2.75) is 36.9 Å². The molecule has 40 heavy (non-hydrogen) atoms. The molecule has 0 radical (unpaired) electrons. The number of hydrogen-bond acceptors (Lipinski definition) is 4. The van der Waals surface area contributed by atoms with Crippen LogP contribution in [0.25, 0.3) is 11.6 Å². The molecule has 4 rings (SSSR count). The predicted molar refractivity (Wildman–Crippen MR) is 144 cm³/mol. The SMILES string of the molecule is CC(=Cc1cc2c(cc1Cl)O[C@@H](CCC(=O)O)CN2S(=O)(=O)c1cccc(C(F)(F)F)c1)c1c(F)cccc1Cl. The van der Waals surface area contributed by atoms with Crippen LogP contribution in [0.1, 0.15) is 36.5 Å². The molecule has 3 aromatic rings. The maximum absolute atomic E-state index is 14.5. The number of ether oxygens (including phenoxy) is 1. The first kappa shape index (κ1) is 29.7. The molecule has 0 fully saturated rings.